The highest BCUT2D eigenvalue weighted by molar-refractivity contribution is 5.84. The van der Waals surface area contributed by atoms with E-state index in [1.54, 1.807) is 13.1 Å². The zero-order valence-corrected chi connectivity index (χ0v) is 13.3. The SMILES string of the molecule is Cn1nc(CNC(=O)NC2CCCCC2)c2ccccc2c1=O. The Morgan fingerprint density at radius 1 is 1.22 bits per heavy atom. The molecule has 0 spiro atoms. The molecule has 6 nitrogen and oxygen atoms in total. The summed E-state index contributed by atoms with van der Waals surface area (Å²) in [5, 5.41) is 11.6. The van der Waals surface area contributed by atoms with Crippen LogP contribution in [-0.4, -0.2) is 21.9 Å². The molecule has 1 aromatic carbocycles. The molecule has 6 heteroatoms. The van der Waals surface area contributed by atoms with E-state index in [2.05, 4.69) is 15.7 Å². The third-order valence-electron chi connectivity index (χ3n) is 4.39. The van der Waals surface area contributed by atoms with Crippen LogP contribution in [0.4, 0.5) is 4.79 Å². The topological polar surface area (TPSA) is 76.0 Å². The van der Waals surface area contributed by atoms with Gasteiger partial charge < -0.3 is 10.6 Å². The minimum atomic E-state index is -0.170. The second-order valence-corrected chi connectivity index (χ2v) is 6.08. The van der Waals surface area contributed by atoms with Crippen molar-refractivity contribution in [1.29, 1.82) is 0 Å². The average Bonchev–Trinajstić information content (AvgIpc) is 2.58. The molecule has 0 unspecified atom stereocenters. The summed E-state index contributed by atoms with van der Waals surface area (Å²) in [6.45, 7) is 0.299. The van der Waals surface area contributed by atoms with Gasteiger partial charge in [-0.25, -0.2) is 9.48 Å². The van der Waals surface area contributed by atoms with E-state index in [0.29, 0.717) is 17.6 Å². The molecular formula is C17H22N4O2. The maximum atomic E-state index is 12.1. The fourth-order valence-electron chi connectivity index (χ4n) is 3.15. The van der Waals surface area contributed by atoms with Crippen LogP contribution in [0.15, 0.2) is 29.1 Å². The third kappa shape index (κ3) is 3.52. The van der Waals surface area contributed by atoms with E-state index in [-0.39, 0.29) is 17.6 Å². The molecule has 3 rings (SSSR count). The first kappa shape index (κ1) is 15.5. The summed E-state index contributed by atoms with van der Waals surface area (Å²) in [4.78, 5) is 24.1. The van der Waals surface area contributed by atoms with Crippen LogP contribution in [0.2, 0.25) is 0 Å². The van der Waals surface area contributed by atoms with E-state index < -0.39 is 0 Å². The van der Waals surface area contributed by atoms with Gasteiger partial charge in [-0.1, -0.05) is 37.5 Å². The number of hydrogen-bond donors (Lipinski definition) is 2. The first-order valence-corrected chi connectivity index (χ1v) is 8.14. The van der Waals surface area contributed by atoms with E-state index >= 15 is 0 Å². The van der Waals surface area contributed by atoms with Gasteiger partial charge in [0.25, 0.3) is 5.56 Å². The van der Waals surface area contributed by atoms with Gasteiger partial charge in [0.1, 0.15) is 0 Å². The van der Waals surface area contributed by atoms with Gasteiger partial charge >= 0.3 is 6.03 Å². The summed E-state index contributed by atoms with van der Waals surface area (Å²) in [5.74, 6) is 0. The normalized spacial score (nSPS) is 15.5. The van der Waals surface area contributed by atoms with Gasteiger partial charge in [0.05, 0.1) is 17.6 Å². The fraction of sp³-hybridized carbons (Fsp3) is 0.471. The zero-order chi connectivity index (χ0) is 16.2. The van der Waals surface area contributed by atoms with Crippen molar-refractivity contribution in [3.05, 3.63) is 40.3 Å². The van der Waals surface area contributed by atoms with Crippen molar-refractivity contribution in [2.24, 2.45) is 7.05 Å². The number of rotatable bonds is 3. The first-order chi connectivity index (χ1) is 11.1. The van der Waals surface area contributed by atoms with Gasteiger partial charge in [-0.15, -0.1) is 0 Å². The number of urea groups is 1. The molecule has 23 heavy (non-hydrogen) atoms. The average molecular weight is 314 g/mol. The number of nitrogens with zero attached hydrogens (tertiary/aromatic N) is 2. The van der Waals surface area contributed by atoms with Gasteiger partial charge in [-0.3, -0.25) is 4.79 Å². The van der Waals surface area contributed by atoms with Gasteiger partial charge in [-0.2, -0.15) is 5.10 Å². The number of aryl methyl sites for hydroxylation is 1. The number of hydrogen-bond acceptors (Lipinski definition) is 3. The number of carbonyl (C=O) groups is 1. The molecule has 2 aromatic rings. The quantitative estimate of drug-likeness (QED) is 0.910. The van der Waals surface area contributed by atoms with E-state index in [9.17, 15) is 9.59 Å². The highest BCUT2D eigenvalue weighted by atomic mass is 16.2. The van der Waals surface area contributed by atoms with Crippen molar-refractivity contribution in [1.82, 2.24) is 20.4 Å². The highest BCUT2D eigenvalue weighted by Crippen LogP contribution is 2.17. The predicted molar refractivity (Wildman–Crippen MR) is 89.2 cm³/mol. The molecular weight excluding hydrogens is 292 g/mol. The van der Waals surface area contributed by atoms with Crippen molar-refractivity contribution in [3.63, 3.8) is 0 Å². The molecule has 0 saturated heterocycles. The lowest BCUT2D eigenvalue weighted by atomic mass is 9.96. The molecule has 1 aliphatic rings. The van der Waals surface area contributed by atoms with Gasteiger partial charge in [0.2, 0.25) is 0 Å². The Morgan fingerprint density at radius 2 is 1.91 bits per heavy atom. The summed E-state index contributed by atoms with van der Waals surface area (Å²) >= 11 is 0. The van der Waals surface area contributed by atoms with E-state index in [1.165, 1.54) is 23.9 Å². The lowest BCUT2D eigenvalue weighted by Gasteiger charge is -2.22. The van der Waals surface area contributed by atoms with Crippen LogP contribution >= 0.6 is 0 Å². The van der Waals surface area contributed by atoms with Crippen LogP contribution in [0, 0.1) is 0 Å². The first-order valence-electron chi connectivity index (χ1n) is 8.14. The second-order valence-electron chi connectivity index (χ2n) is 6.08. The minimum absolute atomic E-state index is 0.129. The fourth-order valence-corrected chi connectivity index (χ4v) is 3.15. The van der Waals surface area contributed by atoms with Crippen LogP contribution < -0.4 is 16.2 Å². The van der Waals surface area contributed by atoms with Crippen LogP contribution in [0.25, 0.3) is 10.8 Å². The Hall–Kier alpha value is -2.37. The number of aromatic nitrogens is 2. The Bertz CT molecular complexity index is 763. The standard InChI is InChI=1S/C17H22N4O2/c1-21-16(22)14-10-6-5-9-13(14)15(20-21)11-18-17(23)19-12-7-3-2-4-8-12/h5-6,9-10,12H,2-4,7-8,11H2,1H3,(H2,18,19,23). The molecule has 1 aliphatic carbocycles. The second kappa shape index (κ2) is 6.81. The van der Waals surface area contributed by atoms with Crippen LogP contribution in [0.3, 0.4) is 0 Å². The number of benzene rings is 1. The maximum Gasteiger partial charge on any atom is 0.315 e. The summed E-state index contributed by atoms with van der Waals surface area (Å²) in [6, 6.07) is 7.45. The van der Waals surface area contributed by atoms with Crippen molar-refractivity contribution in [2.45, 2.75) is 44.7 Å². The van der Waals surface area contributed by atoms with Crippen molar-refractivity contribution in [3.8, 4) is 0 Å². The molecule has 0 bridgehead atoms. The zero-order valence-electron chi connectivity index (χ0n) is 13.3. The van der Waals surface area contributed by atoms with Crippen molar-refractivity contribution >= 4 is 16.8 Å². The molecule has 0 atom stereocenters. The molecule has 1 fully saturated rings. The number of amides is 2. The monoisotopic (exact) mass is 314 g/mol. The number of carbonyl (C=O) groups excluding carboxylic acids is 1. The Balaban J connectivity index is 1.70. The lowest BCUT2D eigenvalue weighted by Crippen LogP contribution is -2.42. The Morgan fingerprint density at radius 3 is 2.65 bits per heavy atom. The van der Waals surface area contributed by atoms with Crippen molar-refractivity contribution < 1.29 is 4.79 Å². The Kier molecular flexibility index (Phi) is 4.60. The van der Waals surface area contributed by atoms with Gasteiger partial charge in [-0.05, 0) is 18.9 Å². The summed E-state index contributed by atoms with van der Waals surface area (Å²) < 4.78 is 1.32. The highest BCUT2D eigenvalue weighted by Gasteiger charge is 2.16. The number of nitrogens with one attached hydrogen (secondary N) is 2. The van der Waals surface area contributed by atoms with Gasteiger partial charge in [0, 0.05) is 18.5 Å². The summed E-state index contributed by atoms with van der Waals surface area (Å²) in [6.07, 6.45) is 5.71. The largest absolute Gasteiger partial charge is 0.335 e. The maximum absolute atomic E-state index is 12.1. The molecule has 1 heterocycles. The van der Waals surface area contributed by atoms with Crippen LogP contribution in [0.5, 0.6) is 0 Å². The molecule has 122 valence electrons. The molecule has 0 radical (unpaired) electrons. The van der Waals surface area contributed by atoms with Crippen LogP contribution in [-0.2, 0) is 13.6 Å². The molecule has 2 amide bonds. The smallest absolute Gasteiger partial charge is 0.315 e. The minimum Gasteiger partial charge on any atom is -0.335 e. The molecule has 0 aliphatic heterocycles. The van der Waals surface area contributed by atoms with Crippen molar-refractivity contribution in [2.75, 3.05) is 0 Å². The van der Waals surface area contributed by atoms with Crippen LogP contribution in [0.1, 0.15) is 37.8 Å². The molecule has 1 aromatic heterocycles. The van der Waals surface area contributed by atoms with E-state index in [1.807, 2.05) is 18.2 Å². The molecule has 1 saturated carbocycles. The van der Waals surface area contributed by atoms with E-state index in [0.717, 1.165) is 18.2 Å². The Labute approximate surface area is 134 Å². The third-order valence-corrected chi connectivity index (χ3v) is 4.39. The predicted octanol–water partition coefficient (Wildman–Crippen LogP) is 2.07. The lowest BCUT2D eigenvalue weighted by molar-refractivity contribution is 0.232. The number of fused-ring (bicyclic) bond motifs is 1. The summed E-state index contributed by atoms with van der Waals surface area (Å²) in [7, 11) is 1.63. The molecule has 2 N–H and O–H groups in total. The summed E-state index contributed by atoms with van der Waals surface area (Å²) in [5.41, 5.74) is 0.567. The van der Waals surface area contributed by atoms with Gasteiger partial charge in [0.15, 0.2) is 0 Å². The van der Waals surface area contributed by atoms with E-state index in [4.69, 9.17) is 0 Å².